The summed E-state index contributed by atoms with van der Waals surface area (Å²) >= 11 is 1.89. The lowest BCUT2D eigenvalue weighted by Gasteiger charge is -2.36. The molecule has 4 rings (SSSR count). The highest BCUT2D eigenvalue weighted by molar-refractivity contribution is 8.14. The molecule has 0 amide bonds. The first-order valence-corrected chi connectivity index (χ1v) is 9.14. The van der Waals surface area contributed by atoms with E-state index in [2.05, 4.69) is 37.0 Å². The number of aliphatic imine (C=N–C) groups is 1. The third-order valence-corrected chi connectivity index (χ3v) is 5.41. The molecule has 1 saturated heterocycles. The molecular formula is C16H21N7S. The van der Waals surface area contributed by atoms with E-state index < -0.39 is 0 Å². The zero-order valence-corrected chi connectivity index (χ0v) is 14.8. The minimum absolute atomic E-state index is 0.613. The maximum Gasteiger partial charge on any atom is 0.175 e. The second-order valence-electron chi connectivity index (χ2n) is 6.18. The molecule has 1 atom stereocenters. The number of hydrogen-bond acceptors (Lipinski definition) is 7. The highest BCUT2D eigenvalue weighted by Gasteiger charge is 2.25. The molecule has 2 aliphatic rings. The molecule has 2 aromatic heterocycles. The number of hydrogen-bond donors (Lipinski definition) is 0. The number of anilines is 1. The van der Waals surface area contributed by atoms with Gasteiger partial charge in [-0.25, -0.2) is 4.68 Å². The van der Waals surface area contributed by atoms with Gasteiger partial charge in [-0.05, 0) is 25.1 Å². The van der Waals surface area contributed by atoms with Gasteiger partial charge in [-0.1, -0.05) is 18.7 Å². The Hall–Kier alpha value is -2.09. The molecule has 0 bridgehead atoms. The minimum atomic E-state index is 0.613. The summed E-state index contributed by atoms with van der Waals surface area (Å²) in [5.41, 5.74) is 0.971. The third-order valence-electron chi connectivity index (χ3n) is 4.26. The van der Waals surface area contributed by atoms with E-state index in [1.165, 1.54) is 5.17 Å². The summed E-state index contributed by atoms with van der Waals surface area (Å²) in [4.78, 5) is 9.31. The van der Waals surface area contributed by atoms with Crippen LogP contribution in [-0.2, 0) is 0 Å². The fourth-order valence-electron chi connectivity index (χ4n) is 2.91. The van der Waals surface area contributed by atoms with Crippen LogP contribution in [0.3, 0.4) is 0 Å². The van der Waals surface area contributed by atoms with Crippen LogP contribution in [0, 0.1) is 6.92 Å². The van der Waals surface area contributed by atoms with E-state index in [4.69, 9.17) is 0 Å². The lowest BCUT2D eigenvalue weighted by atomic mass is 10.3. The predicted molar refractivity (Wildman–Crippen MR) is 97.0 cm³/mol. The van der Waals surface area contributed by atoms with Crippen LogP contribution in [0.15, 0.2) is 29.4 Å². The van der Waals surface area contributed by atoms with Gasteiger partial charge in [0.2, 0.25) is 0 Å². The van der Waals surface area contributed by atoms with E-state index >= 15 is 0 Å². The summed E-state index contributed by atoms with van der Waals surface area (Å²) in [6, 6.07) is 5.96. The molecule has 126 valence electrons. The quantitative estimate of drug-likeness (QED) is 0.825. The van der Waals surface area contributed by atoms with Crippen LogP contribution in [0.1, 0.15) is 12.6 Å². The molecule has 1 unspecified atom stereocenters. The van der Waals surface area contributed by atoms with Crippen molar-refractivity contribution in [3.8, 4) is 5.82 Å². The highest BCUT2D eigenvalue weighted by Crippen LogP contribution is 2.24. The van der Waals surface area contributed by atoms with Gasteiger partial charge in [0.15, 0.2) is 16.8 Å². The number of rotatable bonds is 2. The van der Waals surface area contributed by atoms with E-state index in [9.17, 15) is 0 Å². The van der Waals surface area contributed by atoms with Crippen LogP contribution in [0.5, 0.6) is 0 Å². The maximum atomic E-state index is 4.63. The smallest absolute Gasteiger partial charge is 0.175 e. The van der Waals surface area contributed by atoms with Crippen molar-refractivity contribution in [1.82, 2.24) is 24.9 Å². The summed E-state index contributed by atoms with van der Waals surface area (Å²) in [7, 11) is 0. The van der Waals surface area contributed by atoms with Crippen molar-refractivity contribution in [1.29, 1.82) is 0 Å². The molecule has 0 aromatic carbocycles. The summed E-state index contributed by atoms with van der Waals surface area (Å²) in [5, 5.41) is 14.9. The van der Waals surface area contributed by atoms with Gasteiger partial charge in [-0.15, -0.1) is 10.2 Å². The Labute approximate surface area is 145 Å². The molecule has 7 nitrogen and oxygen atoms in total. The molecule has 0 saturated carbocycles. The molecule has 24 heavy (non-hydrogen) atoms. The molecule has 0 radical (unpaired) electrons. The van der Waals surface area contributed by atoms with Gasteiger partial charge in [-0.2, -0.15) is 5.10 Å². The van der Waals surface area contributed by atoms with Gasteiger partial charge >= 0.3 is 0 Å². The van der Waals surface area contributed by atoms with E-state index in [0.29, 0.717) is 5.25 Å². The largest absolute Gasteiger partial charge is 0.352 e. The Bertz CT molecular complexity index is 731. The van der Waals surface area contributed by atoms with Crippen molar-refractivity contribution >= 4 is 22.7 Å². The molecule has 2 aromatic rings. The van der Waals surface area contributed by atoms with E-state index in [1.807, 2.05) is 43.1 Å². The first-order chi connectivity index (χ1) is 11.7. The number of thioether (sulfide) groups is 1. The van der Waals surface area contributed by atoms with E-state index in [1.54, 1.807) is 4.68 Å². The lowest BCUT2D eigenvalue weighted by Crippen LogP contribution is -2.48. The van der Waals surface area contributed by atoms with Crippen LogP contribution in [0.25, 0.3) is 5.82 Å². The first-order valence-electron chi connectivity index (χ1n) is 8.26. The van der Waals surface area contributed by atoms with Crippen LogP contribution in [-0.4, -0.2) is 68.0 Å². The second-order valence-corrected chi connectivity index (χ2v) is 7.58. The fourth-order valence-corrected chi connectivity index (χ4v) is 3.90. The molecule has 4 heterocycles. The topological polar surface area (TPSA) is 62.4 Å². The van der Waals surface area contributed by atoms with Crippen molar-refractivity contribution in [2.45, 2.75) is 19.1 Å². The number of amidine groups is 1. The van der Waals surface area contributed by atoms with E-state index in [-0.39, 0.29) is 0 Å². The molecule has 2 aliphatic heterocycles. The summed E-state index contributed by atoms with van der Waals surface area (Å²) in [5.74, 6) is 1.67. The normalized spacial score (nSPS) is 21.2. The first kappa shape index (κ1) is 15.4. The SMILES string of the molecule is Cc1ccn(-c2ccc(N3CCN(C4=NCC(C)S4)CC3)nn2)n1. The predicted octanol–water partition coefficient (Wildman–Crippen LogP) is 1.58. The summed E-state index contributed by atoms with van der Waals surface area (Å²) < 4.78 is 1.75. The molecule has 8 heteroatoms. The van der Waals surface area contributed by atoms with Gasteiger partial charge in [0.1, 0.15) is 0 Å². The Morgan fingerprint density at radius 1 is 1.00 bits per heavy atom. The lowest BCUT2D eigenvalue weighted by molar-refractivity contribution is 0.390. The fraction of sp³-hybridized carbons (Fsp3) is 0.500. The Morgan fingerprint density at radius 3 is 2.29 bits per heavy atom. The number of aromatic nitrogens is 4. The molecular weight excluding hydrogens is 322 g/mol. The van der Waals surface area contributed by atoms with Gasteiger partial charge in [-0.3, -0.25) is 4.99 Å². The summed E-state index contributed by atoms with van der Waals surface area (Å²) in [6.07, 6.45) is 1.90. The van der Waals surface area contributed by atoms with Crippen molar-refractivity contribution in [3.63, 3.8) is 0 Å². The zero-order chi connectivity index (χ0) is 16.5. The molecule has 0 N–H and O–H groups in total. The number of aryl methyl sites for hydroxylation is 1. The highest BCUT2D eigenvalue weighted by atomic mass is 32.2. The van der Waals surface area contributed by atoms with Gasteiger partial charge in [0.25, 0.3) is 0 Å². The van der Waals surface area contributed by atoms with Crippen LogP contribution in [0.2, 0.25) is 0 Å². The van der Waals surface area contributed by atoms with Crippen molar-refractivity contribution in [2.75, 3.05) is 37.6 Å². The van der Waals surface area contributed by atoms with Gasteiger partial charge < -0.3 is 9.80 Å². The second kappa shape index (κ2) is 6.43. The maximum absolute atomic E-state index is 4.63. The van der Waals surface area contributed by atoms with Crippen LogP contribution in [0.4, 0.5) is 5.82 Å². The van der Waals surface area contributed by atoms with Gasteiger partial charge in [0.05, 0.1) is 12.2 Å². The average molecular weight is 343 g/mol. The monoisotopic (exact) mass is 343 g/mol. The molecule has 0 aliphatic carbocycles. The van der Waals surface area contributed by atoms with Crippen molar-refractivity contribution in [2.24, 2.45) is 4.99 Å². The van der Waals surface area contributed by atoms with E-state index in [0.717, 1.165) is 50.1 Å². The Balaban J connectivity index is 1.39. The minimum Gasteiger partial charge on any atom is -0.352 e. The van der Waals surface area contributed by atoms with Crippen molar-refractivity contribution < 1.29 is 0 Å². The van der Waals surface area contributed by atoms with Gasteiger partial charge in [0, 0.05) is 37.6 Å². The van der Waals surface area contributed by atoms with Crippen LogP contribution >= 0.6 is 11.8 Å². The number of nitrogens with zero attached hydrogens (tertiary/aromatic N) is 7. The number of piperazine rings is 1. The average Bonchev–Trinajstić information content (AvgIpc) is 3.24. The summed E-state index contributed by atoms with van der Waals surface area (Å²) in [6.45, 7) is 9.01. The molecule has 1 fully saturated rings. The standard InChI is InChI=1S/C16H21N7S/c1-12-5-6-23(20-12)15-4-3-14(18-19-15)21-7-9-22(10-8-21)16-17-11-13(2)24-16/h3-6,13H,7-11H2,1-2H3. The molecule has 0 spiro atoms. The van der Waals surface area contributed by atoms with Crippen LogP contribution < -0.4 is 4.90 Å². The third kappa shape index (κ3) is 3.10. The Morgan fingerprint density at radius 2 is 1.71 bits per heavy atom. The van der Waals surface area contributed by atoms with Crippen molar-refractivity contribution in [3.05, 3.63) is 30.1 Å². The Kier molecular flexibility index (Phi) is 4.13. The zero-order valence-electron chi connectivity index (χ0n) is 14.0.